The fraction of sp³-hybridized carbons (Fsp3) is 0.261. The van der Waals surface area contributed by atoms with Crippen LogP contribution < -0.4 is 0 Å². The van der Waals surface area contributed by atoms with Gasteiger partial charge in [0.1, 0.15) is 0 Å². The van der Waals surface area contributed by atoms with Crippen LogP contribution in [0.15, 0.2) is 65.6 Å². The summed E-state index contributed by atoms with van der Waals surface area (Å²) in [5, 5.41) is 0.592. The molecular formula is C23H23ClN2O2S. The van der Waals surface area contributed by atoms with Crippen molar-refractivity contribution < 1.29 is 9.53 Å². The van der Waals surface area contributed by atoms with Gasteiger partial charge in [0.15, 0.2) is 6.10 Å². The van der Waals surface area contributed by atoms with Crippen molar-refractivity contribution >= 4 is 29.3 Å². The van der Waals surface area contributed by atoms with Crippen LogP contribution in [0.25, 0.3) is 5.69 Å². The lowest BCUT2D eigenvalue weighted by Gasteiger charge is -2.25. The summed E-state index contributed by atoms with van der Waals surface area (Å²) in [4.78, 5) is 15.2. The van der Waals surface area contributed by atoms with E-state index >= 15 is 0 Å². The Morgan fingerprint density at radius 2 is 1.86 bits per heavy atom. The summed E-state index contributed by atoms with van der Waals surface area (Å²) in [6.07, 6.45) is -0.431. The first-order valence-corrected chi connectivity index (χ1v) is 10.7. The van der Waals surface area contributed by atoms with Gasteiger partial charge in [-0.15, -0.1) is 11.8 Å². The van der Waals surface area contributed by atoms with Gasteiger partial charge in [0.2, 0.25) is 0 Å². The minimum absolute atomic E-state index is 0.109. The molecule has 3 aromatic rings. The number of esters is 1. The second kappa shape index (κ2) is 8.27. The smallest absolute Gasteiger partial charge is 0.303 e. The molecule has 0 N–H and O–H groups in total. The zero-order valence-corrected chi connectivity index (χ0v) is 18.2. The molecule has 0 radical (unpaired) electrons. The molecule has 4 nitrogen and oxygen atoms in total. The number of halogens is 1. The number of carbonyl (C=O) groups excluding carboxylic acids is 1. The van der Waals surface area contributed by atoms with Gasteiger partial charge in [-0.3, -0.25) is 4.79 Å². The second-order valence-corrected chi connectivity index (χ2v) is 8.95. The molecule has 6 heteroatoms. The maximum Gasteiger partial charge on any atom is 0.303 e. The van der Waals surface area contributed by atoms with Crippen LogP contribution in [0.4, 0.5) is 0 Å². The molecule has 4 rings (SSSR count). The fourth-order valence-corrected chi connectivity index (χ4v) is 5.41. The van der Waals surface area contributed by atoms with E-state index in [-0.39, 0.29) is 11.2 Å². The van der Waals surface area contributed by atoms with Crippen molar-refractivity contribution in [1.29, 1.82) is 0 Å². The lowest BCUT2D eigenvalue weighted by Crippen LogP contribution is -2.19. The molecule has 0 saturated heterocycles. The van der Waals surface area contributed by atoms with Crippen LogP contribution in [0, 0.1) is 0 Å². The van der Waals surface area contributed by atoms with Gasteiger partial charge >= 0.3 is 5.97 Å². The van der Waals surface area contributed by atoms with Crippen molar-refractivity contribution in [2.75, 3.05) is 14.1 Å². The molecule has 0 unspecified atom stereocenters. The first-order valence-electron chi connectivity index (χ1n) is 9.48. The Morgan fingerprint density at radius 1 is 1.10 bits per heavy atom. The third-order valence-electron chi connectivity index (χ3n) is 4.89. The van der Waals surface area contributed by atoms with Crippen molar-refractivity contribution in [2.45, 2.75) is 29.7 Å². The van der Waals surface area contributed by atoms with E-state index in [1.165, 1.54) is 6.92 Å². The van der Waals surface area contributed by atoms with Gasteiger partial charge in [-0.2, -0.15) is 0 Å². The maximum absolute atomic E-state index is 12.1. The fourth-order valence-electron chi connectivity index (χ4n) is 3.78. The predicted molar refractivity (Wildman–Crippen MR) is 118 cm³/mol. The van der Waals surface area contributed by atoms with E-state index in [2.05, 4.69) is 39.8 Å². The Labute approximate surface area is 180 Å². The molecule has 0 fully saturated rings. The van der Waals surface area contributed by atoms with Crippen molar-refractivity contribution in [3.63, 3.8) is 0 Å². The first-order chi connectivity index (χ1) is 14.0. The third-order valence-corrected chi connectivity index (χ3v) is 6.75. The zero-order valence-electron chi connectivity index (χ0n) is 16.6. The highest BCUT2D eigenvalue weighted by molar-refractivity contribution is 7.99. The molecule has 0 spiro atoms. The topological polar surface area (TPSA) is 34.5 Å². The number of ether oxygens (including phenoxy) is 1. The highest BCUT2D eigenvalue weighted by Gasteiger charge is 2.36. The Kier molecular flexibility index (Phi) is 5.72. The minimum Gasteiger partial charge on any atom is -0.455 e. The molecule has 0 aliphatic carbocycles. The van der Waals surface area contributed by atoms with Crippen LogP contribution in [-0.4, -0.2) is 29.5 Å². The molecule has 2 atom stereocenters. The van der Waals surface area contributed by atoms with Gasteiger partial charge in [-0.25, -0.2) is 0 Å². The molecule has 1 aromatic heterocycles. The van der Waals surface area contributed by atoms with Gasteiger partial charge in [0.25, 0.3) is 0 Å². The van der Waals surface area contributed by atoms with Crippen molar-refractivity contribution in [3.05, 3.63) is 82.6 Å². The van der Waals surface area contributed by atoms with Gasteiger partial charge in [0, 0.05) is 19.2 Å². The molecule has 29 heavy (non-hydrogen) atoms. The van der Waals surface area contributed by atoms with Gasteiger partial charge < -0.3 is 14.2 Å². The lowest BCUT2D eigenvalue weighted by molar-refractivity contribution is -0.147. The SMILES string of the molecule is CC(=O)O[C@H]1c2ccc(CN(C)C)n2-c2cccc(Cl)c2S[C@H]1c1ccccc1. The number of nitrogens with zero attached hydrogens (tertiary/aromatic N) is 2. The average molecular weight is 427 g/mol. The first kappa shape index (κ1) is 20.1. The number of hydrogen-bond donors (Lipinski definition) is 0. The van der Waals surface area contributed by atoms with E-state index in [4.69, 9.17) is 16.3 Å². The summed E-state index contributed by atoms with van der Waals surface area (Å²) in [6.45, 7) is 2.23. The van der Waals surface area contributed by atoms with Gasteiger partial charge in [0.05, 0.1) is 26.5 Å². The normalized spacial score (nSPS) is 18.1. The molecule has 0 saturated carbocycles. The molecule has 1 aliphatic heterocycles. The van der Waals surface area contributed by atoms with E-state index in [0.717, 1.165) is 34.1 Å². The van der Waals surface area contributed by atoms with Crippen molar-refractivity contribution in [2.24, 2.45) is 0 Å². The average Bonchev–Trinajstić information content (AvgIpc) is 3.02. The monoisotopic (exact) mass is 426 g/mol. The Hall–Kier alpha value is -2.21. The van der Waals surface area contributed by atoms with Gasteiger partial charge in [-0.05, 0) is 43.9 Å². The second-order valence-electron chi connectivity index (χ2n) is 7.39. The maximum atomic E-state index is 12.1. The number of hydrogen-bond acceptors (Lipinski definition) is 4. The summed E-state index contributed by atoms with van der Waals surface area (Å²) < 4.78 is 8.12. The lowest BCUT2D eigenvalue weighted by atomic mass is 10.0. The minimum atomic E-state index is -0.431. The summed E-state index contributed by atoms with van der Waals surface area (Å²) in [5.41, 5.74) is 4.20. The van der Waals surface area contributed by atoms with Crippen LogP contribution in [0.3, 0.4) is 0 Å². The molecule has 1 aliphatic rings. The number of thioether (sulfide) groups is 1. The molecule has 150 valence electrons. The van der Waals surface area contributed by atoms with Crippen LogP contribution >= 0.6 is 23.4 Å². The van der Waals surface area contributed by atoms with Crippen molar-refractivity contribution in [3.8, 4) is 5.69 Å². The number of fused-ring (bicyclic) bond motifs is 3. The summed E-state index contributed by atoms with van der Waals surface area (Å²) in [7, 11) is 4.08. The Morgan fingerprint density at radius 3 is 2.55 bits per heavy atom. The third kappa shape index (κ3) is 3.95. The number of benzene rings is 2. The number of aromatic nitrogens is 1. The van der Waals surface area contributed by atoms with E-state index in [0.29, 0.717) is 5.02 Å². The van der Waals surface area contributed by atoms with Crippen LogP contribution in [0.2, 0.25) is 5.02 Å². The molecular weight excluding hydrogens is 404 g/mol. The van der Waals surface area contributed by atoms with Crippen LogP contribution in [0.1, 0.15) is 35.2 Å². The standard InChI is InChI=1S/C23H23ClN2O2S/c1-15(27)28-21-19-13-12-17(14-25(2)3)26(19)20-11-7-10-18(24)23(20)29-22(21)16-8-5-4-6-9-16/h4-13,21-22H,14H2,1-3H3/t21-,22-/m0/s1. The summed E-state index contributed by atoms with van der Waals surface area (Å²) >= 11 is 8.31. The van der Waals surface area contributed by atoms with E-state index in [9.17, 15) is 4.79 Å². The van der Waals surface area contributed by atoms with E-state index < -0.39 is 6.10 Å². The summed E-state index contributed by atoms with van der Waals surface area (Å²) in [6, 6.07) is 20.3. The Bertz CT molecular complexity index is 1030. The highest BCUT2D eigenvalue weighted by atomic mass is 35.5. The number of rotatable bonds is 4. The molecule has 0 bridgehead atoms. The van der Waals surface area contributed by atoms with Crippen LogP contribution in [0.5, 0.6) is 0 Å². The summed E-state index contributed by atoms with van der Waals surface area (Å²) in [5.74, 6) is -0.296. The highest BCUT2D eigenvalue weighted by Crippen LogP contribution is 2.52. The number of carbonyl (C=O) groups is 1. The Balaban J connectivity index is 1.97. The predicted octanol–water partition coefficient (Wildman–Crippen LogP) is 5.64. The van der Waals surface area contributed by atoms with Gasteiger partial charge in [-0.1, -0.05) is 48.0 Å². The zero-order chi connectivity index (χ0) is 20.5. The van der Waals surface area contributed by atoms with Crippen molar-refractivity contribution in [1.82, 2.24) is 9.47 Å². The largest absolute Gasteiger partial charge is 0.455 e. The van der Waals surface area contributed by atoms with E-state index in [1.54, 1.807) is 11.8 Å². The van der Waals surface area contributed by atoms with Crippen LogP contribution in [-0.2, 0) is 16.1 Å². The quantitative estimate of drug-likeness (QED) is 0.505. The molecule has 2 heterocycles. The molecule has 2 aromatic carbocycles. The van der Waals surface area contributed by atoms with E-state index in [1.807, 2.05) is 44.4 Å². The molecule has 0 amide bonds.